The van der Waals surface area contributed by atoms with E-state index in [4.69, 9.17) is 4.74 Å². The summed E-state index contributed by atoms with van der Waals surface area (Å²) in [6, 6.07) is 5.70. The molecule has 0 fully saturated rings. The van der Waals surface area contributed by atoms with Crippen LogP contribution in [0.5, 0.6) is 5.75 Å². The van der Waals surface area contributed by atoms with Gasteiger partial charge in [0.1, 0.15) is 10.8 Å². The number of aromatic nitrogens is 1. The Balaban J connectivity index is 1.80. The first-order chi connectivity index (χ1) is 9.13. The Kier molecular flexibility index (Phi) is 3.11. The molecule has 98 valence electrons. The van der Waals surface area contributed by atoms with E-state index in [1.807, 2.05) is 32.0 Å². The van der Waals surface area contributed by atoms with Gasteiger partial charge in [-0.25, -0.2) is 4.98 Å². The molecule has 0 spiro atoms. The molecular formula is C15H15NO2S. The molecule has 1 aromatic carbocycles. The summed E-state index contributed by atoms with van der Waals surface area (Å²) in [5, 5.41) is 0.900. The van der Waals surface area contributed by atoms with Crippen molar-refractivity contribution in [2.45, 2.75) is 26.7 Å². The lowest BCUT2D eigenvalue weighted by molar-refractivity contribution is 0.0993. The Morgan fingerprint density at radius 1 is 1.42 bits per heavy atom. The van der Waals surface area contributed by atoms with E-state index in [0.29, 0.717) is 6.42 Å². The van der Waals surface area contributed by atoms with Gasteiger partial charge in [-0.2, -0.15) is 0 Å². The number of ketones is 1. The van der Waals surface area contributed by atoms with E-state index < -0.39 is 0 Å². The topological polar surface area (TPSA) is 39.2 Å². The number of hydrogen-bond donors (Lipinski definition) is 0. The van der Waals surface area contributed by atoms with E-state index in [1.165, 1.54) is 4.88 Å². The molecule has 0 atom stereocenters. The number of fused-ring (bicyclic) bond motifs is 1. The molecule has 1 aromatic heterocycles. The summed E-state index contributed by atoms with van der Waals surface area (Å²) in [7, 11) is 0. The van der Waals surface area contributed by atoms with Gasteiger partial charge in [-0.3, -0.25) is 4.79 Å². The molecule has 0 amide bonds. The minimum Gasteiger partial charge on any atom is -0.493 e. The lowest BCUT2D eigenvalue weighted by Gasteiger charge is -2.02. The molecule has 0 radical (unpaired) electrons. The Morgan fingerprint density at radius 2 is 2.26 bits per heavy atom. The second kappa shape index (κ2) is 4.78. The second-order valence-electron chi connectivity index (χ2n) is 4.77. The molecule has 0 saturated carbocycles. The van der Waals surface area contributed by atoms with Gasteiger partial charge in [0.25, 0.3) is 0 Å². The van der Waals surface area contributed by atoms with Crippen molar-refractivity contribution in [3.63, 3.8) is 0 Å². The van der Waals surface area contributed by atoms with Gasteiger partial charge in [0.05, 0.1) is 18.7 Å². The summed E-state index contributed by atoms with van der Waals surface area (Å²) >= 11 is 1.61. The van der Waals surface area contributed by atoms with Gasteiger partial charge in [0.15, 0.2) is 5.78 Å². The van der Waals surface area contributed by atoms with Crippen LogP contribution >= 0.6 is 11.3 Å². The molecule has 1 aliphatic heterocycles. The quantitative estimate of drug-likeness (QED) is 0.807. The van der Waals surface area contributed by atoms with Crippen LogP contribution in [-0.2, 0) is 12.8 Å². The summed E-state index contributed by atoms with van der Waals surface area (Å²) < 4.78 is 5.45. The smallest absolute Gasteiger partial charge is 0.169 e. The molecule has 3 rings (SSSR count). The van der Waals surface area contributed by atoms with Crippen molar-refractivity contribution in [3.8, 4) is 5.75 Å². The average molecular weight is 273 g/mol. The van der Waals surface area contributed by atoms with Crippen molar-refractivity contribution in [1.29, 1.82) is 0 Å². The minimum absolute atomic E-state index is 0.128. The van der Waals surface area contributed by atoms with E-state index in [0.717, 1.165) is 40.6 Å². The highest BCUT2D eigenvalue weighted by molar-refractivity contribution is 7.11. The largest absolute Gasteiger partial charge is 0.493 e. The van der Waals surface area contributed by atoms with Gasteiger partial charge in [-0.1, -0.05) is 0 Å². The summed E-state index contributed by atoms with van der Waals surface area (Å²) in [5.74, 6) is 1.04. The van der Waals surface area contributed by atoms with Crippen molar-refractivity contribution in [2.75, 3.05) is 6.61 Å². The maximum absolute atomic E-state index is 12.3. The summed E-state index contributed by atoms with van der Waals surface area (Å²) in [6.07, 6.45) is 1.28. The third kappa shape index (κ3) is 2.40. The van der Waals surface area contributed by atoms with Gasteiger partial charge < -0.3 is 4.74 Å². The number of benzene rings is 1. The van der Waals surface area contributed by atoms with Gasteiger partial charge in [-0.05, 0) is 37.6 Å². The van der Waals surface area contributed by atoms with Crippen molar-refractivity contribution >= 4 is 17.1 Å². The van der Waals surface area contributed by atoms with Crippen LogP contribution in [0.2, 0.25) is 0 Å². The molecular weight excluding hydrogens is 258 g/mol. The normalized spacial score (nSPS) is 13.2. The molecule has 19 heavy (non-hydrogen) atoms. The van der Waals surface area contributed by atoms with E-state index in [1.54, 1.807) is 11.3 Å². The third-order valence-corrected chi connectivity index (χ3v) is 4.47. The number of Topliss-reactive ketones (excluding diaryl/α,β-unsaturated/α-hetero) is 1. The SMILES string of the molecule is Cc1nc(CC(=O)c2ccc3c(c2)CCO3)sc1C. The van der Waals surface area contributed by atoms with E-state index in [9.17, 15) is 4.79 Å². The Labute approximate surface area is 116 Å². The number of ether oxygens (including phenoxy) is 1. The van der Waals surface area contributed by atoms with Crippen LogP contribution in [0.15, 0.2) is 18.2 Å². The minimum atomic E-state index is 0.128. The third-order valence-electron chi connectivity index (χ3n) is 3.40. The fourth-order valence-corrected chi connectivity index (χ4v) is 3.15. The van der Waals surface area contributed by atoms with Crippen molar-refractivity contribution in [3.05, 3.63) is 44.9 Å². The van der Waals surface area contributed by atoms with Crippen molar-refractivity contribution in [2.24, 2.45) is 0 Å². The Hall–Kier alpha value is -1.68. The van der Waals surface area contributed by atoms with Gasteiger partial charge in [0.2, 0.25) is 0 Å². The fraction of sp³-hybridized carbons (Fsp3) is 0.333. The van der Waals surface area contributed by atoms with Crippen LogP contribution in [0.3, 0.4) is 0 Å². The highest BCUT2D eigenvalue weighted by Crippen LogP contribution is 2.26. The molecule has 4 heteroatoms. The summed E-state index contributed by atoms with van der Waals surface area (Å²) in [5.41, 5.74) is 2.92. The zero-order valence-electron chi connectivity index (χ0n) is 11.0. The van der Waals surface area contributed by atoms with Crippen LogP contribution in [0.1, 0.15) is 31.5 Å². The second-order valence-corrected chi connectivity index (χ2v) is 6.06. The highest BCUT2D eigenvalue weighted by Gasteiger charge is 2.16. The number of carbonyl (C=O) groups excluding carboxylic acids is 1. The van der Waals surface area contributed by atoms with Gasteiger partial charge in [-0.15, -0.1) is 11.3 Å². The Morgan fingerprint density at radius 3 is 3.00 bits per heavy atom. The number of thiazole rings is 1. The first-order valence-corrected chi connectivity index (χ1v) is 7.17. The van der Waals surface area contributed by atoms with Crippen LogP contribution in [0, 0.1) is 13.8 Å². The van der Waals surface area contributed by atoms with Crippen LogP contribution in [-0.4, -0.2) is 17.4 Å². The van der Waals surface area contributed by atoms with E-state index in [2.05, 4.69) is 4.98 Å². The average Bonchev–Trinajstić information content (AvgIpc) is 2.96. The maximum atomic E-state index is 12.3. The van der Waals surface area contributed by atoms with Gasteiger partial charge in [0, 0.05) is 16.9 Å². The first-order valence-electron chi connectivity index (χ1n) is 6.35. The molecule has 0 bridgehead atoms. The lowest BCUT2D eigenvalue weighted by Crippen LogP contribution is -2.03. The van der Waals surface area contributed by atoms with Crippen LogP contribution in [0.4, 0.5) is 0 Å². The predicted octanol–water partition coefficient (Wildman–Crippen LogP) is 3.12. The predicted molar refractivity (Wildman–Crippen MR) is 75.3 cm³/mol. The maximum Gasteiger partial charge on any atom is 0.169 e. The standard InChI is InChI=1S/C15H15NO2S/c1-9-10(2)19-15(16-9)8-13(17)11-3-4-14-12(7-11)5-6-18-14/h3-4,7H,5-6,8H2,1-2H3. The zero-order valence-corrected chi connectivity index (χ0v) is 11.8. The van der Waals surface area contributed by atoms with Crippen LogP contribution in [0.25, 0.3) is 0 Å². The molecule has 0 unspecified atom stereocenters. The fourth-order valence-electron chi connectivity index (χ4n) is 2.21. The number of carbonyl (C=O) groups is 1. The monoisotopic (exact) mass is 273 g/mol. The lowest BCUT2D eigenvalue weighted by atomic mass is 10.0. The molecule has 1 aliphatic rings. The van der Waals surface area contributed by atoms with Crippen LogP contribution < -0.4 is 4.74 Å². The number of rotatable bonds is 3. The zero-order chi connectivity index (χ0) is 13.4. The molecule has 2 heterocycles. The van der Waals surface area contributed by atoms with Crippen molar-refractivity contribution < 1.29 is 9.53 Å². The van der Waals surface area contributed by atoms with Crippen molar-refractivity contribution in [1.82, 2.24) is 4.98 Å². The van der Waals surface area contributed by atoms with E-state index >= 15 is 0 Å². The highest BCUT2D eigenvalue weighted by atomic mass is 32.1. The molecule has 3 nitrogen and oxygen atoms in total. The molecule has 0 N–H and O–H groups in total. The van der Waals surface area contributed by atoms with E-state index in [-0.39, 0.29) is 5.78 Å². The first kappa shape index (κ1) is 12.4. The molecule has 0 saturated heterocycles. The number of aryl methyl sites for hydroxylation is 2. The number of nitrogens with zero attached hydrogens (tertiary/aromatic N) is 1. The molecule has 2 aromatic rings. The van der Waals surface area contributed by atoms with Gasteiger partial charge >= 0.3 is 0 Å². The summed E-state index contributed by atoms with van der Waals surface area (Å²) in [4.78, 5) is 17.9. The number of hydrogen-bond acceptors (Lipinski definition) is 4. The molecule has 0 aliphatic carbocycles. The Bertz CT molecular complexity index is 626. The summed E-state index contributed by atoms with van der Waals surface area (Å²) in [6.45, 7) is 4.73.